The summed E-state index contributed by atoms with van der Waals surface area (Å²) in [4.78, 5) is 0. The van der Waals surface area contributed by atoms with E-state index in [0.29, 0.717) is 13.2 Å². The van der Waals surface area contributed by atoms with E-state index in [1.54, 1.807) is 10.7 Å². The highest BCUT2D eigenvalue weighted by molar-refractivity contribution is 5.58. The monoisotopic (exact) mass is 177 g/mol. The summed E-state index contributed by atoms with van der Waals surface area (Å²) in [5, 5.41) is 4.12. The molecule has 68 valence electrons. The number of fused-ring (bicyclic) bond motifs is 1. The molecule has 0 saturated heterocycles. The molecule has 2 N–H and O–H groups in total. The molecule has 4 nitrogen and oxygen atoms in total. The third-order valence-corrected chi connectivity index (χ3v) is 1.77. The van der Waals surface area contributed by atoms with E-state index in [1.165, 1.54) is 0 Å². The Morgan fingerprint density at radius 2 is 2.38 bits per heavy atom. The third kappa shape index (κ3) is 1.48. The first-order valence-electron chi connectivity index (χ1n) is 4.17. The summed E-state index contributed by atoms with van der Waals surface area (Å²) in [6.45, 7) is 1.04. The van der Waals surface area contributed by atoms with Crippen molar-refractivity contribution < 1.29 is 4.74 Å². The molecule has 13 heavy (non-hydrogen) atoms. The maximum Gasteiger partial charge on any atom is 0.165 e. The molecule has 2 heterocycles. The number of rotatable bonds is 3. The molecule has 0 aromatic carbocycles. The highest BCUT2D eigenvalue weighted by Gasteiger charge is 2.02. The summed E-state index contributed by atoms with van der Waals surface area (Å²) in [6, 6.07) is 5.83. The highest BCUT2D eigenvalue weighted by Crippen LogP contribution is 2.17. The Balaban J connectivity index is 2.35. The third-order valence-electron chi connectivity index (χ3n) is 1.77. The number of nitrogens with zero attached hydrogens (tertiary/aromatic N) is 2. The fraction of sp³-hybridized carbons (Fsp3) is 0.222. The molecule has 2 aromatic rings. The first kappa shape index (κ1) is 8.07. The van der Waals surface area contributed by atoms with Crippen molar-refractivity contribution in [2.24, 2.45) is 5.73 Å². The Bertz CT molecular complexity index is 396. The Hall–Kier alpha value is -1.55. The largest absolute Gasteiger partial charge is 0.488 e. The van der Waals surface area contributed by atoms with Crippen LogP contribution in [0.15, 0.2) is 30.6 Å². The normalized spacial score (nSPS) is 10.5. The van der Waals surface area contributed by atoms with Gasteiger partial charge in [-0.25, -0.2) is 4.52 Å². The second kappa shape index (κ2) is 3.45. The molecule has 2 rings (SSSR count). The lowest BCUT2D eigenvalue weighted by Crippen LogP contribution is -2.10. The van der Waals surface area contributed by atoms with Gasteiger partial charge in [0.2, 0.25) is 0 Å². The molecule has 0 spiro atoms. The fourth-order valence-corrected chi connectivity index (χ4v) is 1.19. The SMILES string of the molecule is NCCOc1cnn2ccccc12. The predicted molar refractivity (Wildman–Crippen MR) is 49.7 cm³/mol. The van der Waals surface area contributed by atoms with Crippen LogP contribution in [0.2, 0.25) is 0 Å². The number of pyridine rings is 1. The molecule has 0 saturated carbocycles. The van der Waals surface area contributed by atoms with E-state index >= 15 is 0 Å². The van der Waals surface area contributed by atoms with Crippen LogP contribution < -0.4 is 10.5 Å². The van der Waals surface area contributed by atoms with E-state index in [0.717, 1.165) is 11.3 Å². The zero-order valence-electron chi connectivity index (χ0n) is 7.18. The zero-order valence-corrected chi connectivity index (χ0v) is 7.18. The van der Waals surface area contributed by atoms with Crippen molar-refractivity contribution in [3.05, 3.63) is 30.6 Å². The fourth-order valence-electron chi connectivity index (χ4n) is 1.19. The van der Waals surface area contributed by atoms with Crippen molar-refractivity contribution in [3.63, 3.8) is 0 Å². The number of nitrogens with two attached hydrogens (primary N) is 1. The van der Waals surface area contributed by atoms with E-state index in [9.17, 15) is 0 Å². The van der Waals surface area contributed by atoms with Gasteiger partial charge in [-0.1, -0.05) is 6.07 Å². The van der Waals surface area contributed by atoms with Crippen LogP contribution in [0, 0.1) is 0 Å². The summed E-state index contributed by atoms with van der Waals surface area (Å²) < 4.78 is 7.17. The Morgan fingerprint density at radius 1 is 1.46 bits per heavy atom. The molecule has 0 amide bonds. The number of hydrogen-bond donors (Lipinski definition) is 1. The van der Waals surface area contributed by atoms with Crippen LogP contribution in [0.1, 0.15) is 0 Å². The van der Waals surface area contributed by atoms with Gasteiger partial charge in [0, 0.05) is 12.7 Å². The van der Waals surface area contributed by atoms with Crippen molar-refractivity contribution in [2.45, 2.75) is 0 Å². The van der Waals surface area contributed by atoms with Crippen molar-refractivity contribution in [1.29, 1.82) is 0 Å². The topological polar surface area (TPSA) is 52.5 Å². The van der Waals surface area contributed by atoms with Gasteiger partial charge in [-0.15, -0.1) is 0 Å². The maximum atomic E-state index is 5.40. The second-order valence-corrected chi connectivity index (χ2v) is 2.68. The molecule has 4 heteroatoms. The minimum atomic E-state index is 0.518. The average molecular weight is 177 g/mol. The van der Waals surface area contributed by atoms with Gasteiger partial charge < -0.3 is 10.5 Å². The smallest absolute Gasteiger partial charge is 0.165 e. The minimum Gasteiger partial charge on any atom is -0.488 e. The summed E-state index contributed by atoms with van der Waals surface area (Å²) in [7, 11) is 0. The first-order valence-corrected chi connectivity index (χ1v) is 4.17. The van der Waals surface area contributed by atoms with Gasteiger partial charge in [-0.3, -0.25) is 0 Å². The maximum absolute atomic E-state index is 5.40. The lowest BCUT2D eigenvalue weighted by Gasteiger charge is -2.00. The summed E-state index contributed by atoms with van der Waals surface area (Å²) in [5.74, 6) is 0.783. The van der Waals surface area contributed by atoms with Gasteiger partial charge in [0.05, 0.1) is 6.20 Å². The van der Waals surface area contributed by atoms with Crippen LogP contribution in [0.4, 0.5) is 0 Å². The first-order chi connectivity index (χ1) is 6.42. The zero-order chi connectivity index (χ0) is 9.10. The standard InChI is InChI=1S/C9H11N3O/c10-4-6-13-9-7-11-12-5-2-1-3-8(9)12/h1-3,5,7H,4,6,10H2. The summed E-state index contributed by atoms with van der Waals surface area (Å²) in [5.41, 5.74) is 6.31. The van der Waals surface area contributed by atoms with E-state index in [1.807, 2.05) is 24.4 Å². The molecule has 0 atom stereocenters. The highest BCUT2D eigenvalue weighted by atomic mass is 16.5. The predicted octanol–water partition coefficient (Wildman–Crippen LogP) is 0.672. The van der Waals surface area contributed by atoms with Gasteiger partial charge in [-0.2, -0.15) is 5.10 Å². The Labute approximate surface area is 75.9 Å². The molecule has 0 bridgehead atoms. The van der Waals surface area contributed by atoms with Gasteiger partial charge in [0.1, 0.15) is 12.1 Å². The molecule has 0 aliphatic heterocycles. The van der Waals surface area contributed by atoms with E-state index in [-0.39, 0.29) is 0 Å². The van der Waals surface area contributed by atoms with Crippen LogP contribution >= 0.6 is 0 Å². The average Bonchev–Trinajstić information content (AvgIpc) is 2.58. The molecule has 0 radical (unpaired) electrons. The van der Waals surface area contributed by atoms with Crippen LogP contribution in [-0.2, 0) is 0 Å². The van der Waals surface area contributed by atoms with Crippen molar-refractivity contribution >= 4 is 5.52 Å². The Morgan fingerprint density at radius 3 is 3.23 bits per heavy atom. The summed E-state index contributed by atoms with van der Waals surface area (Å²) >= 11 is 0. The molecule has 2 aromatic heterocycles. The lowest BCUT2D eigenvalue weighted by atomic mass is 10.4. The summed E-state index contributed by atoms with van der Waals surface area (Å²) in [6.07, 6.45) is 3.58. The molecular formula is C9H11N3O. The Kier molecular flexibility index (Phi) is 2.14. The van der Waals surface area contributed by atoms with Crippen LogP contribution in [0.5, 0.6) is 5.75 Å². The molecule has 0 aliphatic rings. The van der Waals surface area contributed by atoms with Crippen molar-refractivity contribution in [1.82, 2.24) is 9.61 Å². The quantitative estimate of drug-likeness (QED) is 0.749. The molecular weight excluding hydrogens is 166 g/mol. The van der Waals surface area contributed by atoms with Crippen molar-refractivity contribution in [2.75, 3.05) is 13.2 Å². The molecule has 0 unspecified atom stereocenters. The molecule has 0 aliphatic carbocycles. The number of hydrogen-bond acceptors (Lipinski definition) is 3. The van der Waals surface area contributed by atoms with E-state index < -0.39 is 0 Å². The van der Waals surface area contributed by atoms with Gasteiger partial charge in [0.15, 0.2) is 5.75 Å². The van der Waals surface area contributed by atoms with Gasteiger partial charge in [-0.05, 0) is 12.1 Å². The van der Waals surface area contributed by atoms with Gasteiger partial charge >= 0.3 is 0 Å². The number of ether oxygens (including phenoxy) is 1. The molecule has 0 fully saturated rings. The van der Waals surface area contributed by atoms with Crippen molar-refractivity contribution in [3.8, 4) is 5.75 Å². The van der Waals surface area contributed by atoms with Crippen LogP contribution in [0.3, 0.4) is 0 Å². The van der Waals surface area contributed by atoms with Gasteiger partial charge in [0.25, 0.3) is 0 Å². The lowest BCUT2D eigenvalue weighted by molar-refractivity contribution is 0.332. The minimum absolute atomic E-state index is 0.518. The number of aromatic nitrogens is 2. The van der Waals surface area contributed by atoms with Crippen LogP contribution in [0.25, 0.3) is 5.52 Å². The van der Waals surface area contributed by atoms with E-state index in [4.69, 9.17) is 10.5 Å². The second-order valence-electron chi connectivity index (χ2n) is 2.68. The van der Waals surface area contributed by atoms with Crippen LogP contribution in [-0.4, -0.2) is 22.8 Å². The van der Waals surface area contributed by atoms with E-state index in [2.05, 4.69) is 5.10 Å².